The number of aromatic nitrogens is 3. The van der Waals surface area contributed by atoms with E-state index in [1.165, 1.54) is 0 Å². The molecule has 0 spiro atoms. The van der Waals surface area contributed by atoms with Crippen molar-refractivity contribution >= 4 is 5.91 Å². The van der Waals surface area contributed by atoms with Crippen molar-refractivity contribution < 1.29 is 14.1 Å². The zero-order valence-corrected chi connectivity index (χ0v) is 14.1. The van der Waals surface area contributed by atoms with E-state index in [1.54, 1.807) is 18.5 Å². The lowest BCUT2D eigenvalue weighted by Crippen LogP contribution is -2.48. The quantitative estimate of drug-likeness (QED) is 0.831. The van der Waals surface area contributed by atoms with Gasteiger partial charge in [0.1, 0.15) is 0 Å². The molecule has 0 N–H and O–H groups in total. The molecule has 1 saturated heterocycles. The Morgan fingerprint density at radius 2 is 2.21 bits per heavy atom. The Kier molecular flexibility index (Phi) is 5.20. The third kappa shape index (κ3) is 3.62. The van der Waals surface area contributed by atoms with E-state index >= 15 is 0 Å². The molecule has 0 radical (unpaired) electrons. The van der Waals surface area contributed by atoms with Crippen LogP contribution < -0.4 is 0 Å². The number of hydrogen-bond donors (Lipinski definition) is 0. The molecule has 3 heterocycles. The summed E-state index contributed by atoms with van der Waals surface area (Å²) in [6, 6.07) is 1.73. The Hall–Kier alpha value is -2.28. The third-order valence-corrected chi connectivity index (χ3v) is 4.32. The minimum Gasteiger partial charge on any atom is -0.377 e. The van der Waals surface area contributed by atoms with Crippen molar-refractivity contribution in [3.05, 3.63) is 41.3 Å². The highest BCUT2D eigenvalue weighted by Gasteiger charge is 2.30. The van der Waals surface area contributed by atoms with E-state index in [2.05, 4.69) is 15.1 Å². The average Bonchev–Trinajstić information content (AvgIpc) is 3.10. The number of hydrogen-bond acceptors (Lipinski definition) is 6. The summed E-state index contributed by atoms with van der Waals surface area (Å²) in [5, 5.41) is 3.91. The van der Waals surface area contributed by atoms with Gasteiger partial charge in [0.2, 0.25) is 5.76 Å². The molecule has 1 amide bonds. The normalized spacial score (nSPS) is 17.9. The van der Waals surface area contributed by atoms with Crippen molar-refractivity contribution in [2.75, 3.05) is 19.8 Å². The van der Waals surface area contributed by atoms with Gasteiger partial charge < -0.3 is 14.2 Å². The van der Waals surface area contributed by atoms with Gasteiger partial charge in [0.15, 0.2) is 0 Å². The van der Waals surface area contributed by atoms with Crippen LogP contribution in [0.1, 0.15) is 41.0 Å². The van der Waals surface area contributed by atoms with Crippen LogP contribution in [0, 0.1) is 6.92 Å². The summed E-state index contributed by atoms with van der Waals surface area (Å²) < 4.78 is 10.8. The number of aryl methyl sites for hydroxylation is 3. The highest BCUT2D eigenvalue weighted by molar-refractivity contribution is 5.91. The van der Waals surface area contributed by atoms with Crippen molar-refractivity contribution in [2.45, 2.75) is 39.2 Å². The molecule has 0 unspecified atom stereocenters. The second kappa shape index (κ2) is 7.53. The summed E-state index contributed by atoms with van der Waals surface area (Å²) in [5.41, 5.74) is 2.68. The Labute approximate surface area is 141 Å². The van der Waals surface area contributed by atoms with Crippen LogP contribution in [-0.4, -0.2) is 51.7 Å². The first-order valence-corrected chi connectivity index (χ1v) is 8.29. The summed E-state index contributed by atoms with van der Waals surface area (Å²) in [4.78, 5) is 23.2. The van der Waals surface area contributed by atoms with Gasteiger partial charge in [0, 0.05) is 25.0 Å². The smallest absolute Gasteiger partial charge is 0.292 e. The first-order valence-electron chi connectivity index (χ1n) is 8.29. The molecular weight excluding hydrogens is 308 g/mol. The molecule has 1 fully saturated rings. The van der Waals surface area contributed by atoms with Crippen molar-refractivity contribution in [1.82, 2.24) is 20.0 Å². The van der Waals surface area contributed by atoms with Gasteiger partial charge in [0.25, 0.3) is 5.91 Å². The van der Waals surface area contributed by atoms with E-state index in [0.29, 0.717) is 25.5 Å². The van der Waals surface area contributed by atoms with Crippen molar-refractivity contribution in [3.8, 4) is 0 Å². The van der Waals surface area contributed by atoms with Crippen LogP contribution in [0.5, 0.6) is 0 Å². The van der Waals surface area contributed by atoms with Gasteiger partial charge in [-0.1, -0.05) is 12.1 Å². The largest absolute Gasteiger partial charge is 0.377 e. The minimum atomic E-state index is -0.119. The topological polar surface area (TPSA) is 81.4 Å². The van der Waals surface area contributed by atoms with E-state index in [9.17, 15) is 4.79 Å². The summed E-state index contributed by atoms with van der Waals surface area (Å²) >= 11 is 0. The Bertz CT molecular complexity index is 701. The molecule has 7 nitrogen and oxygen atoms in total. The molecule has 1 aliphatic rings. The zero-order valence-electron chi connectivity index (χ0n) is 14.1. The van der Waals surface area contributed by atoms with E-state index in [0.717, 1.165) is 36.3 Å². The lowest BCUT2D eigenvalue weighted by Gasteiger charge is -2.35. The van der Waals surface area contributed by atoms with E-state index in [-0.39, 0.29) is 11.9 Å². The first-order chi connectivity index (χ1) is 11.7. The maximum Gasteiger partial charge on any atom is 0.292 e. The molecule has 7 heteroatoms. The summed E-state index contributed by atoms with van der Waals surface area (Å²) in [7, 11) is 0. The van der Waals surface area contributed by atoms with E-state index in [1.807, 2.05) is 18.7 Å². The average molecular weight is 330 g/mol. The predicted molar refractivity (Wildman–Crippen MR) is 86.6 cm³/mol. The zero-order chi connectivity index (χ0) is 16.9. The molecule has 24 heavy (non-hydrogen) atoms. The number of morpholine rings is 1. The van der Waals surface area contributed by atoms with Crippen LogP contribution in [-0.2, 0) is 17.6 Å². The molecule has 0 aromatic carbocycles. The summed E-state index contributed by atoms with van der Waals surface area (Å²) in [6.45, 7) is 5.56. The maximum atomic E-state index is 12.7. The van der Waals surface area contributed by atoms with Crippen LogP contribution in [0.3, 0.4) is 0 Å². The molecular formula is C17H22N4O3. The van der Waals surface area contributed by atoms with Crippen molar-refractivity contribution in [2.24, 2.45) is 0 Å². The standard InChI is InChI=1S/C17H22N4O3/c1-3-13-10-16(24-20-13)17(22)21-8-9-23-11-14(21)4-5-15-12(2)18-6-7-19-15/h6-7,10,14H,3-5,8-9,11H2,1-2H3/t14-/m1/s1. The number of amides is 1. The molecule has 3 rings (SSSR count). The number of nitrogens with zero attached hydrogens (tertiary/aromatic N) is 4. The second-order valence-corrected chi connectivity index (χ2v) is 5.89. The monoisotopic (exact) mass is 330 g/mol. The molecule has 2 aromatic heterocycles. The van der Waals surface area contributed by atoms with Crippen LogP contribution in [0.4, 0.5) is 0 Å². The number of rotatable bonds is 5. The molecule has 1 atom stereocenters. The van der Waals surface area contributed by atoms with Gasteiger partial charge in [-0.25, -0.2) is 0 Å². The van der Waals surface area contributed by atoms with Gasteiger partial charge in [0.05, 0.1) is 36.3 Å². The molecule has 0 bridgehead atoms. The molecule has 2 aromatic rings. The van der Waals surface area contributed by atoms with Gasteiger partial charge in [-0.3, -0.25) is 14.8 Å². The van der Waals surface area contributed by atoms with Gasteiger partial charge >= 0.3 is 0 Å². The summed E-state index contributed by atoms with van der Waals surface area (Å²) in [6.07, 6.45) is 5.67. The Balaban J connectivity index is 1.69. The fourth-order valence-electron chi connectivity index (χ4n) is 2.87. The SMILES string of the molecule is CCc1cc(C(=O)N2CCOC[C@H]2CCc2nccnc2C)on1. The van der Waals surface area contributed by atoms with Crippen molar-refractivity contribution in [3.63, 3.8) is 0 Å². The summed E-state index contributed by atoms with van der Waals surface area (Å²) in [5.74, 6) is 0.181. The molecule has 128 valence electrons. The number of ether oxygens (including phenoxy) is 1. The van der Waals surface area contributed by atoms with Gasteiger partial charge in [-0.2, -0.15) is 0 Å². The van der Waals surface area contributed by atoms with Gasteiger partial charge in [-0.15, -0.1) is 0 Å². The fourth-order valence-corrected chi connectivity index (χ4v) is 2.87. The number of carbonyl (C=O) groups excluding carboxylic acids is 1. The van der Waals surface area contributed by atoms with Gasteiger partial charge in [-0.05, 0) is 26.2 Å². The second-order valence-electron chi connectivity index (χ2n) is 5.89. The fraction of sp³-hybridized carbons (Fsp3) is 0.529. The van der Waals surface area contributed by atoms with Crippen molar-refractivity contribution in [1.29, 1.82) is 0 Å². The van der Waals surface area contributed by atoms with Crippen LogP contribution in [0.2, 0.25) is 0 Å². The predicted octanol–water partition coefficient (Wildman–Crippen LogP) is 1.81. The minimum absolute atomic E-state index is 0.00262. The number of carbonyl (C=O) groups is 1. The lowest BCUT2D eigenvalue weighted by atomic mass is 10.1. The molecule has 1 aliphatic heterocycles. The highest BCUT2D eigenvalue weighted by Crippen LogP contribution is 2.18. The molecule has 0 aliphatic carbocycles. The first kappa shape index (κ1) is 16.6. The van der Waals surface area contributed by atoms with E-state index < -0.39 is 0 Å². The third-order valence-electron chi connectivity index (χ3n) is 4.32. The van der Waals surface area contributed by atoms with Crippen LogP contribution >= 0.6 is 0 Å². The Morgan fingerprint density at radius 3 is 2.96 bits per heavy atom. The lowest BCUT2D eigenvalue weighted by molar-refractivity contribution is -0.00604. The van der Waals surface area contributed by atoms with E-state index in [4.69, 9.17) is 9.26 Å². The van der Waals surface area contributed by atoms with Crippen LogP contribution in [0.25, 0.3) is 0 Å². The highest BCUT2D eigenvalue weighted by atomic mass is 16.5. The van der Waals surface area contributed by atoms with Crippen LogP contribution in [0.15, 0.2) is 23.0 Å². The maximum absolute atomic E-state index is 12.7. The molecule has 0 saturated carbocycles. The Morgan fingerprint density at radius 1 is 1.38 bits per heavy atom.